The maximum Gasteiger partial charge on any atom is 0.123 e. The summed E-state index contributed by atoms with van der Waals surface area (Å²) in [5, 5.41) is 3.57. The lowest BCUT2D eigenvalue weighted by atomic mass is 9.85. The van der Waals surface area contributed by atoms with Gasteiger partial charge in [-0.3, -0.25) is 0 Å². The van der Waals surface area contributed by atoms with Crippen LogP contribution >= 0.6 is 0 Å². The average molecular weight is 279 g/mol. The summed E-state index contributed by atoms with van der Waals surface area (Å²) >= 11 is 0. The van der Waals surface area contributed by atoms with Gasteiger partial charge in [0.25, 0.3) is 0 Å². The zero-order valence-corrected chi connectivity index (χ0v) is 13.5. The van der Waals surface area contributed by atoms with Crippen molar-refractivity contribution < 1.29 is 4.39 Å². The lowest BCUT2D eigenvalue weighted by Crippen LogP contribution is -2.31. The molecular formula is C18H30FN. The van der Waals surface area contributed by atoms with E-state index in [-0.39, 0.29) is 5.82 Å². The first-order chi connectivity index (χ1) is 9.52. The van der Waals surface area contributed by atoms with Crippen LogP contribution in [-0.2, 0) is 6.42 Å². The van der Waals surface area contributed by atoms with E-state index < -0.39 is 0 Å². The second-order valence-electron chi connectivity index (χ2n) is 6.41. The molecule has 0 saturated carbocycles. The third-order valence-corrected chi connectivity index (χ3v) is 3.89. The molecule has 1 aromatic carbocycles. The Balaban J connectivity index is 2.61. The maximum absolute atomic E-state index is 13.3. The van der Waals surface area contributed by atoms with Crippen LogP contribution in [0.25, 0.3) is 0 Å². The molecule has 1 rings (SSSR count). The molecule has 2 atom stereocenters. The molecule has 2 heteroatoms. The van der Waals surface area contributed by atoms with Gasteiger partial charge in [-0.05, 0) is 55.0 Å². The van der Waals surface area contributed by atoms with Crippen molar-refractivity contribution >= 4 is 0 Å². The first-order valence-corrected chi connectivity index (χ1v) is 7.98. The molecule has 1 nitrogen and oxygen atoms in total. The summed E-state index contributed by atoms with van der Waals surface area (Å²) in [6.45, 7) is 11.1. The van der Waals surface area contributed by atoms with Crippen LogP contribution in [0.4, 0.5) is 4.39 Å². The van der Waals surface area contributed by atoms with Crippen molar-refractivity contribution in [2.45, 2.75) is 47.0 Å². The maximum atomic E-state index is 13.3. The van der Waals surface area contributed by atoms with E-state index in [9.17, 15) is 4.39 Å². The number of nitrogens with one attached hydrogen (secondary N) is 1. The van der Waals surface area contributed by atoms with Gasteiger partial charge in [0.15, 0.2) is 0 Å². The molecule has 0 saturated heterocycles. The third kappa shape index (κ3) is 6.51. The van der Waals surface area contributed by atoms with E-state index in [0.29, 0.717) is 17.8 Å². The van der Waals surface area contributed by atoms with E-state index in [1.807, 2.05) is 12.1 Å². The number of rotatable bonds is 9. The monoisotopic (exact) mass is 279 g/mol. The summed E-state index contributed by atoms with van der Waals surface area (Å²) in [5.74, 6) is 1.80. The number of hydrogen-bond acceptors (Lipinski definition) is 1. The summed E-state index contributed by atoms with van der Waals surface area (Å²) in [5.41, 5.74) is 1.12. The molecule has 0 aliphatic carbocycles. The Labute approximate surface area is 124 Å². The molecule has 0 aliphatic rings. The van der Waals surface area contributed by atoms with Gasteiger partial charge in [0.1, 0.15) is 5.82 Å². The smallest absolute Gasteiger partial charge is 0.123 e. The minimum absolute atomic E-state index is 0.125. The highest BCUT2D eigenvalue weighted by Gasteiger charge is 2.17. The average Bonchev–Trinajstić information content (AvgIpc) is 2.37. The third-order valence-electron chi connectivity index (χ3n) is 3.89. The van der Waals surface area contributed by atoms with E-state index in [1.54, 1.807) is 6.07 Å². The van der Waals surface area contributed by atoms with Crippen LogP contribution < -0.4 is 5.32 Å². The van der Waals surface area contributed by atoms with E-state index in [2.05, 4.69) is 33.0 Å². The second-order valence-corrected chi connectivity index (χ2v) is 6.41. The van der Waals surface area contributed by atoms with Crippen LogP contribution in [0, 0.1) is 23.6 Å². The van der Waals surface area contributed by atoms with Gasteiger partial charge in [0, 0.05) is 0 Å². The minimum atomic E-state index is -0.125. The fourth-order valence-electron chi connectivity index (χ4n) is 2.69. The standard InChI is InChI=1S/C18H30FN/c1-5-7-15(4)17(13-20-12-14(2)3)10-16-8-6-9-18(19)11-16/h6,8-9,11,14-15,17,20H,5,7,10,12-13H2,1-4H3. The largest absolute Gasteiger partial charge is 0.316 e. The molecule has 1 aromatic rings. The minimum Gasteiger partial charge on any atom is -0.316 e. The van der Waals surface area contributed by atoms with E-state index in [0.717, 1.165) is 25.1 Å². The molecule has 0 radical (unpaired) electrons. The fraction of sp³-hybridized carbons (Fsp3) is 0.667. The van der Waals surface area contributed by atoms with Gasteiger partial charge in [-0.1, -0.05) is 52.7 Å². The molecular weight excluding hydrogens is 249 g/mol. The van der Waals surface area contributed by atoms with Crippen molar-refractivity contribution in [1.82, 2.24) is 5.32 Å². The van der Waals surface area contributed by atoms with Crippen LogP contribution in [0.3, 0.4) is 0 Å². The van der Waals surface area contributed by atoms with Crippen molar-refractivity contribution in [1.29, 1.82) is 0 Å². The Kier molecular flexibility index (Phi) is 7.83. The van der Waals surface area contributed by atoms with Crippen molar-refractivity contribution in [3.63, 3.8) is 0 Å². The Morgan fingerprint density at radius 1 is 1.15 bits per heavy atom. The predicted molar refractivity (Wildman–Crippen MR) is 85.4 cm³/mol. The highest BCUT2D eigenvalue weighted by atomic mass is 19.1. The SMILES string of the molecule is CCCC(C)C(CNCC(C)C)Cc1cccc(F)c1. The van der Waals surface area contributed by atoms with Crippen molar-refractivity contribution in [2.75, 3.05) is 13.1 Å². The van der Waals surface area contributed by atoms with Gasteiger partial charge in [-0.2, -0.15) is 0 Å². The van der Waals surface area contributed by atoms with E-state index in [4.69, 9.17) is 0 Å². The quantitative estimate of drug-likeness (QED) is 0.693. The Bertz CT molecular complexity index is 375. The molecule has 0 fully saturated rings. The first-order valence-electron chi connectivity index (χ1n) is 7.98. The van der Waals surface area contributed by atoms with Crippen LogP contribution in [0.2, 0.25) is 0 Å². The lowest BCUT2D eigenvalue weighted by Gasteiger charge is -2.25. The molecule has 0 aromatic heterocycles. The summed E-state index contributed by atoms with van der Waals surface area (Å²) in [6.07, 6.45) is 3.42. The normalized spacial score (nSPS) is 14.5. The predicted octanol–water partition coefficient (Wildman–Crippen LogP) is 4.67. The highest BCUT2D eigenvalue weighted by Crippen LogP contribution is 2.21. The van der Waals surface area contributed by atoms with Gasteiger partial charge in [-0.15, -0.1) is 0 Å². The van der Waals surface area contributed by atoms with Gasteiger partial charge < -0.3 is 5.32 Å². The van der Waals surface area contributed by atoms with Crippen LogP contribution in [-0.4, -0.2) is 13.1 Å². The van der Waals surface area contributed by atoms with Gasteiger partial charge in [0.05, 0.1) is 0 Å². The first kappa shape index (κ1) is 17.2. The van der Waals surface area contributed by atoms with Crippen molar-refractivity contribution in [3.05, 3.63) is 35.6 Å². The number of halogens is 1. The molecule has 114 valence electrons. The van der Waals surface area contributed by atoms with Crippen molar-refractivity contribution in [2.24, 2.45) is 17.8 Å². The number of hydrogen-bond donors (Lipinski definition) is 1. The highest BCUT2D eigenvalue weighted by molar-refractivity contribution is 5.17. The molecule has 2 unspecified atom stereocenters. The molecule has 20 heavy (non-hydrogen) atoms. The van der Waals surface area contributed by atoms with Gasteiger partial charge >= 0.3 is 0 Å². The summed E-state index contributed by atoms with van der Waals surface area (Å²) in [6, 6.07) is 7.05. The molecule has 0 spiro atoms. The second kappa shape index (κ2) is 9.12. The molecule has 0 aliphatic heterocycles. The van der Waals surface area contributed by atoms with Gasteiger partial charge in [-0.25, -0.2) is 4.39 Å². The Morgan fingerprint density at radius 3 is 2.50 bits per heavy atom. The number of benzene rings is 1. The Morgan fingerprint density at radius 2 is 1.90 bits per heavy atom. The Hall–Kier alpha value is -0.890. The van der Waals surface area contributed by atoms with Crippen LogP contribution in [0.15, 0.2) is 24.3 Å². The topological polar surface area (TPSA) is 12.0 Å². The summed E-state index contributed by atoms with van der Waals surface area (Å²) < 4.78 is 13.3. The molecule has 1 N–H and O–H groups in total. The summed E-state index contributed by atoms with van der Waals surface area (Å²) in [4.78, 5) is 0. The van der Waals surface area contributed by atoms with E-state index in [1.165, 1.54) is 18.9 Å². The zero-order valence-electron chi connectivity index (χ0n) is 13.5. The zero-order chi connectivity index (χ0) is 15.0. The fourth-order valence-corrected chi connectivity index (χ4v) is 2.69. The van der Waals surface area contributed by atoms with E-state index >= 15 is 0 Å². The molecule has 0 heterocycles. The van der Waals surface area contributed by atoms with Gasteiger partial charge in [0.2, 0.25) is 0 Å². The van der Waals surface area contributed by atoms with Crippen LogP contribution in [0.1, 0.15) is 46.1 Å². The van der Waals surface area contributed by atoms with Crippen molar-refractivity contribution in [3.8, 4) is 0 Å². The summed E-state index contributed by atoms with van der Waals surface area (Å²) in [7, 11) is 0. The molecule has 0 bridgehead atoms. The lowest BCUT2D eigenvalue weighted by molar-refractivity contribution is 0.313. The van der Waals surface area contributed by atoms with Crippen LogP contribution in [0.5, 0.6) is 0 Å². The molecule has 0 amide bonds.